The summed E-state index contributed by atoms with van der Waals surface area (Å²) in [4.78, 5) is 26.0. The maximum Gasteiger partial charge on any atom is 0.247 e. The molecule has 142 valence electrons. The molecule has 1 heterocycles. The lowest BCUT2D eigenvalue weighted by molar-refractivity contribution is -0.134. The van der Waals surface area contributed by atoms with Crippen molar-refractivity contribution in [2.45, 2.75) is 32.7 Å². The third kappa shape index (κ3) is 4.58. The molecule has 2 aromatic rings. The number of carbonyl (C=O) groups is 2. The third-order valence-electron chi connectivity index (χ3n) is 4.47. The number of likely N-dealkylation sites (tertiary alicyclic amines) is 1. The summed E-state index contributed by atoms with van der Waals surface area (Å²) in [7, 11) is 0. The predicted molar refractivity (Wildman–Crippen MR) is 103 cm³/mol. The van der Waals surface area contributed by atoms with E-state index in [1.165, 1.54) is 6.92 Å². The number of anilines is 1. The van der Waals surface area contributed by atoms with E-state index in [9.17, 15) is 9.59 Å². The molecule has 0 spiro atoms. The van der Waals surface area contributed by atoms with Gasteiger partial charge in [-0.05, 0) is 56.2 Å². The van der Waals surface area contributed by atoms with Crippen molar-refractivity contribution in [1.82, 2.24) is 4.90 Å². The average molecular weight is 368 g/mol. The highest BCUT2D eigenvalue weighted by Crippen LogP contribution is 2.31. The fraction of sp³-hybridized carbons (Fsp3) is 0.333. The third-order valence-corrected chi connectivity index (χ3v) is 4.47. The van der Waals surface area contributed by atoms with Crippen LogP contribution in [-0.2, 0) is 9.59 Å². The molecule has 0 aromatic heterocycles. The number of amides is 2. The topological polar surface area (TPSA) is 67.9 Å². The predicted octanol–water partition coefficient (Wildman–Crippen LogP) is 3.83. The van der Waals surface area contributed by atoms with Gasteiger partial charge in [-0.15, -0.1) is 0 Å². The van der Waals surface area contributed by atoms with Gasteiger partial charge in [-0.25, -0.2) is 0 Å². The molecule has 3 rings (SSSR count). The number of carbonyl (C=O) groups excluding carboxylic acids is 2. The van der Waals surface area contributed by atoms with Crippen LogP contribution in [0, 0.1) is 0 Å². The quantitative estimate of drug-likeness (QED) is 0.841. The molecule has 1 saturated heterocycles. The van der Waals surface area contributed by atoms with E-state index in [2.05, 4.69) is 5.32 Å². The van der Waals surface area contributed by atoms with E-state index in [0.29, 0.717) is 36.8 Å². The van der Waals surface area contributed by atoms with Gasteiger partial charge in [-0.2, -0.15) is 0 Å². The molecule has 0 aliphatic carbocycles. The minimum Gasteiger partial charge on any atom is -0.494 e. The van der Waals surface area contributed by atoms with Crippen LogP contribution in [0.15, 0.2) is 48.5 Å². The molecule has 1 aliphatic heterocycles. The highest BCUT2D eigenvalue weighted by Gasteiger charge is 2.32. The second-order valence-corrected chi connectivity index (χ2v) is 6.36. The van der Waals surface area contributed by atoms with Crippen molar-refractivity contribution in [1.29, 1.82) is 0 Å². The van der Waals surface area contributed by atoms with Crippen LogP contribution in [0.3, 0.4) is 0 Å². The van der Waals surface area contributed by atoms with Gasteiger partial charge in [0.2, 0.25) is 11.8 Å². The van der Waals surface area contributed by atoms with Crippen LogP contribution in [0.4, 0.5) is 5.69 Å². The van der Waals surface area contributed by atoms with Crippen LogP contribution in [0.2, 0.25) is 0 Å². The SMILES string of the molecule is CCOc1ccc(Oc2ccccc2NC(=O)C2CCCN2C(C)=O)cc1. The fourth-order valence-corrected chi connectivity index (χ4v) is 3.19. The molecule has 2 amide bonds. The van der Waals surface area contributed by atoms with Crippen molar-refractivity contribution >= 4 is 17.5 Å². The first-order chi connectivity index (χ1) is 13.1. The minimum atomic E-state index is -0.430. The summed E-state index contributed by atoms with van der Waals surface area (Å²) in [5.41, 5.74) is 0.576. The molecule has 6 nitrogen and oxygen atoms in total. The Hall–Kier alpha value is -3.02. The zero-order valence-corrected chi connectivity index (χ0v) is 15.6. The lowest BCUT2D eigenvalue weighted by Gasteiger charge is -2.23. The van der Waals surface area contributed by atoms with Gasteiger partial charge in [-0.3, -0.25) is 9.59 Å². The van der Waals surface area contributed by atoms with Gasteiger partial charge in [0.1, 0.15) is 17.5 Å². The summed E-state index contributed by atoms with van der Waals surface area (Å²) in [5.74, 6) is 1.70. The number of nitrogens with zero attached hydrogens (tertiary/aromatic N) is 1. The zero-order chi connectivity index (χ0) is 19.2. The van der Waals surface area contributed by atoms with E-state index in [4.69, 9.17) is 9.47 Å². The van der Waals surface area contributed by atoms with Crippen molar-refractivity contribution in [3.05, 3.63) is 48.5 Å². The van der Waals surface area contributed by atoms with Crippen molar-refractivity contribution in [2.24, 2.45) is 0 Å². The molecule has 1 atom stereocenters. The molecule has 2 aromatic carbocycles. The number of hydrogen-bond acceptors (Lipinski definition) is 4. The van der Waals surface area contributed by atoms with E-state index < -0.39 is 6.04 Å². The Labute approximate surface area is 159 Å². The summed E-state index contributed by atoms with van der Waals surface area (Å²) in [6, 6.07) is 14.1. The molecule has 0 bridgehead atoms. The van der Waals surface area contributed by atoms with Gasteiger partial charge in [0, 0.05) is 13.5 Å². The Morgan fingerprint density at radius 2 is 1.81 bits per heavy atom. The number of hydrogen-bond donors (Lipinski definition) is 1. The van der Waals surface area contributed by atoms with E-state index in [1.807, 2.05) is 43.3 Å². The van der Waals surface area contributed by atoms with Crippen molar-refractivity contribution in [3.63, 3.8) is 0 Å². The van der Waals surface area contributed by atoms with Gasteiger partial charge in [-0.1, -0.05) is 12.1 Å². The summed E-state index contributed by atoms with van der Waals surface area (Å²) in [6.07, 6.45) is 1.51. The summed E-state index contributed by atoms with van der Waals surface area (Å²) in [6.45, 7) is 4.65. The molecular formula is C21H24N2O4. The van der Waals surface area contributed by atoms with E-state index in [-0.39, 0.29) is 11.8 Å². The monoisotopic (exact) mass is 368 g/mol. The maximum atomic E-state index is 12.7. The second kappa shape index (κ2) is 8.58. The Balaban J connectivity index is 1.72. The first-order valence-corrected chi connectivity index (χ1v) is 9.16. The summed E-state index contributed by atoms with van der Waals surface area (Å²) in [5, 5.41) is 2.91. The van der Waals surface area contributed by atoms with E-state index in [1.54, 1.807) is 17.0 Å². The molecule has 27 heavy (non-hydrogen) atoms. The molecule has 1 fully saturated rings. The Bertz CT molecular complexity index is 804. The van der Waals surface area contributed by atoms with Crippen LogP contribution < -0.4 is 14.8 Å². The van der Waals surface area contributed by atoms with Crippen molar-refractivity contribution < 1.29 is 19.1 Å². The van der Waals surface area contributed by atoms with Gasteiger partial charge in [0.05, 0.1) is 12.3 Å². The Morgan fingerprint density at radius 3 is 2.52 bits per heavy atom. The highest BCUT2D eigenvalue weighted by molar-refractivity contribution is 5.98. The number of para-hydroxylation sites is 2. The first kappa shape index (κ1) is 18.8. The maximum absolute atomic E-state index is 12.7. The minimum absolute atomic E-state index is 0.0772. The largest absolute Gasteiger partial charge is 0.494 e. The fourth-order valence-electron chi connectivity index (χ4n) is 3.19. The number of nitrogens with one attached hydrogen (secondary N) is 1. The second-order valence-electron chi connectivity index (χ2n) is 6.36. The lowest BCUT2D eigenvalue weighted by Crippen LogP contribution is -2.42. The summed E-state index contributed by atoms with van der Waals surface area (Å²) < 4.78 is 11.4. The van der Waals surface area contributed by atoms with Gasteiger partial charge in [0.25, 0.3) is 0 Å². The molecule has 1 unspecified atom stereocenters. The Kier molecular flexibility index (Phi) is 5.96. The molecule has 0 radical (unpaired) electrons. The van der Waals surface area contributed by atoms with Crippen LogP contribution >= 0.6 is 0 Å². The van der Waals surface area contributed by atoms with Crippen LogP contribution in [-0.4, -0.2) is 35.9 Å². The smallest absolute Gasteiger partial charge is 0.247 e. The lowest BCUT2D eigenvalue weighted by atomic mass is 10.2. The number of ether oxygens (including phenoxy) is 2. The molecular weight excluding hydrogens is 344 g/mol. The molecule has 1 N–H and O–H groups in total. The zero-order valence-electron chi connectivity index (χ0n) is 15.6. The molecule has 0 saturated carbocycles. The van der Waals surface area contributed by atoms with Crippen LogP contribution in [0.5, 0.6) is 17.2 Å². The van der Waals surface area contributed by atoms with E-state index in [0.717, 1.165) is 12.2 Å². The number of benzene rings is 2. The first-order valence-electron chi connectivity index (χ1n) is 9.16. The van der Waals surface area contributed by atoms with Crippen molar-refractivity contribution in [2.75, 3.05) is 18.5 Å². The van der Waals surface area contributed by atoms with Gasteiger partial charge in [0.15, 0.2) is 5.75 Å². The highest BCUT2D eigenvalue weighted by atomic mass is 16.5. The average Bonchev–Trinajstić information content (AvgIpc) is 3.15. The molecule has 6 heteroatoms. The Morgan fingerprint density at radius 1 is 1.11 bits per heavy atom. The van der Waals surface area contributed by atoms with Gasteiger partial charge < -0.3 is 19.7 Å². The summed E-state index contributed by atoms with van der Waals surface area (Å²) >= 11 is 0. The molecule has 1 aliphatic rings. The van der Waals surface area contributed by atoms with Crippen molar-refractivity contribution in [3.8, 4) is 17.2 Å². The van der Waals surface area contributed by atoms with Crippen LogP contribution in [0.25, 0.3) is 0 Å². The number of rotatable bonds is 6. The van der Waals surface area contributed by atoms with Gasteiger partial charge >= 0.3 is 0 Å². The van der Waals surface area contributed by atoms with Crippen LogP contribution in [0.1, 0.15) is 26.7 Å². The standard InChI is InChI=1S/C21H24N2O4/c1-3-26-16-10-12-17(13-11-16)27-20-9-5-4-7-18(20)22-21(25)19-8-6-14-23(19)15(2)24/h4-5,7,9-13,19H,3,6,8,14H2,1-2H3,(H,22,25). The normalized spacial score (nSPS) is 16.1. The van der Waals surface area contributed by atoms with E-state index >= 15 is 0 Å².